The van der Waals surface area contributed by atoms with Crippen LogP contribution < -0.4 is 0 Å². The first-order valence-electron chi connectivity index (χ1n) is 6.97. The van der Waals surface area contributed by atoms with Crippen LogP contribution in [0.25, 0.3) is 0 Å². The number of hydrogen-bond acceptors (Lipinski definition) is 4. The summed E-state index contributed by atoms with van der Waals surface area (Å²) in [6.45, 7) is 6.44. The number of hydrogen-bond donors (Lipinski definition) is 2. The summed E-state index contributed by atoms with van der Waals surface area (Å²) in [5.41, 5.74) is -3.46. The second kappa shape index (κ2) is 3.49. The zero-order chi connectivity index (χ0) is 15.1. The van der Waals surface area contributed by atoms with Crippen LogP contribution in [0.15, 0.2) is 23.8 Å². The van der Waals surface area contributed by atoms with Crippen molar-refractivity contribution in [3.05, 3.63) is 23.8 Å². The molecule has 4 heteroatoms. The maximum Gasteiger partial charge on any atom is 0.189 e. The zero-order valence-electron chi connectivity index (χ0n) is 12.2. The summed E-state index contributed by atoms with van der Waals surface area (Å²) in [5.74, 6) is -1.80. The number of ketones is 2. The Hall–Kier alpha value is -1.26. The molecule has 4 aliphatic carbocycles. The highest BCUT2D eigenvalue weighted by molar-refractivity contribution is 6.04. The molecule has 0 heterocycles. The third-order valence-electron chi connectivity index (χ3n) is 5.61. The number of allylic oxidation sites excluding steroid dienone is 2. The van der Waals surface area contributed by atoms with Crippen molar-refractivity contribution in [2.75, 3.05) is 0 Å². The van der Waals surface area contributed by atoms with E-state index in [1.54, 1.807) is 26.0 Å². The molecule has 20 heavy (non-hydrogen) atoms. The lowest BCUT2D eigenvalue weighted by Gasteiger charge is -2.59. The molecule has 108 valence electrons. The van der Waals surface area contributed by atoms with E-state index in [1.807, 2.05) is 6.08 Å². The fourth-order valence-electron chi connectivity index (χ4n) is 4.46. The van der Waals surface area contributed by atoms with Gasteiger partial charge in [-0.15, -0.1) is 0 Å². The van der Waals surface area contributed by atoms with E-state index in [0.717, 1.165) is 0 Å². The van der Waals surface area contributed by atoms with E-state index < -0.39 is 28.5 Å². The molecule has 0 radical (unpaired) electrons. The monoisotopic (exact) mass is 276 g/mol. The van der Waals surface area contributed by atoms with E-state index in [2.05, 4.69) is 0 Å². The summed E-state index contributed by atoms with van der Waals surface area (Å²) in [6, 6.07) is 0. The van der Waals surface area contributed by atoms with Crippen molar-refractivity contribution < 1.29 is 19.8 Å². The van der Waals surface area contributed by atoms with Gasteiger partial charge in [0.1, 0.15) is 11.2 Å². The first kappa shape index (κ1) is 13.7. The molecule has 0 saturated heterocycles. The van der Waals surface area contributed by atoms with Crippen LogP contribution in [0.3, 0.4) is 0 Å². The zero-order valence-corrected chi connectivity index (χ0v) is 12.2. The Kier molecular flexibility index (Phi) is 2.39. The molecule has 0 aromatic heterocycles. The standard InChI is InChI=1S/C16H20O4/c1-8-7-10-11(16(4,20)12(8)17)9-5-6-14(10,2)13(18)15(9,3)19/h5-7,9-11,19-20H,1-4H3/t9?,10?,11?,14?,15?,16-/m0/s1. The molecular formula is C16H20O4. The number of fused-ring (bicyclic) bond motifs is 1. The lowest BCUT2D eigenvalue weighted by Crippen LogP contribution is -2.69. The molecule has 4 nitrogen and oxygen atoms in total. The molecule has 0 aromatic carbocycles. The van der Waals surface area contributed by atoms with Crippen molar-refractivity contribution in [1.29, 1.82) is 0 Å². The van der Waals surface area contributed by atoms with Crippen molar-refractivity contribution in [2.24, 2.45) is 23.2 Å². The van der Waals surface area contributed by atoms with E-state index >= 15 is 0 Å². The Morgan fingerprint density at radius 3 is 2.25 bits per heavy atom. The van der Waals surface area contributed by atoms with Gasteiger partial charge in [-0.1, -0.05) is 18.2 Å². The van der Waals surface area contributed by atoms with Crippen LogP contribution >= 0.6 is 0 Å². The average molecular weight is 276 g/mol. The first-order valence-corrected chi connectivity index (χ1v) is 6.97. The number of Topliss-reactive ketones (excluding diaryl/α,β-unsaturated/α-hetero) is 2. The van der Waals surface area contributed by atoms with Gasteiger partial charge in [-0.25, -0.2) is 0 Å². The predicted octanol–water partition coefficient (Wildman–Crippen LogP) is 1.02. The van der Waals surface area contributed by atoms with E-state index in [4.69, 9.17) is 0 Å². The van der Waals surface area contributed by atoms with Crippen LogP contribution in [0.1, 0.15) is 27.7 Å². The van der Waals surface area contributed by atoms with Gasteiger partial charge in [-0.05, 0) is 33.3 Å². The molecule has 0 aromatic rings. The van der Waals surface area contributed by atoms with Crippen molar-refractivity contribution in [3.8, 4) is 0 Å². The lowest BCUT2D eigenvalue weighted by atomic mass is 9.44. The molecule has 0 amide bonds. The Morgan fingerprint density at radius 2 is 1.65 bits per heavy atom. The molecule has 0 aliphatic heterocycles. The minimum atomic E-state index is -1.55. The maximum atomic E-state index is 12.6. The molecular weight excluding hydrogens is 256 g/mol. The summed E-state index contributed by atoms with van der Waals surface area (Å²) in [5, 5.41) is 21.3. The van der Waals surface area contributed by atoms with Crippen molar-refractivity contribution >= 4 is 11.6 Å². The first-order chi connectivity index (χ1) is 9.04. The Morgan fingerprint density at radius 1 is 1.05 bits per heavy atom. The van der Waals surface area contributed by atoms with Gasteiger partial charge in [-0.2, -0.15) is 0 Å². The molecule has 6 atom stereocenters. The van der Waals surface area contributed by atoms with Crippen LogP contribution in [0, 0.1) is 23.2 Å². The molecule has 5 unspecified atom stereocenters. The quantitative estimate of drug-likeness (QED) is 0.648. The normalized spacial score (nSPS) is 53.9. The summed E-state index contributed by atoms with van der Waals surface area (Å²) < 4.78 is 0. The maximum absolute atomic E-state index is 12.6. The molecule has 4 aliphatic rings. The number of rotatable bonds is 0. The van der Waals surface area contributed by atoms with Crippen LogP contribution in [0.2, 0.25) is 0 Å². The Balaban J connectivity index is 2.27. The number of carbonyl (C=O) groups is 2. The molecule has 4 rings (SSSR count). The summed E-state index contributed by atoms with van der Waals surface area (Å²) in [6.07, 6.45) is 5.42. The topological polar surface area (TPSA) is 74.6 Å². The third kappa shape index (κ3) is 1.29. The summed E-state index contributed by atoms with van der Waals surface area (Å²) in [4.78, 5) is 24.9. The van der Waals surface area contributed by atoms with Gasteiger partial charge in [-0.3, -0.25) is 9.59 Å². The fourth-order valence-corrected chi connectivity index (χ4v) is 4.46. The Bertz CT molecular complexity index is 581. The molecule has 0 spiro atoms. The van der Waals surface area contributed by atoms with E-state index in [0.29, 0.717) is 5.57 Å². The second-order valence-corrected chi connectivity index (χ2v) is 7.02. The van der Waals surface area contributed by atoms with Gasteiger partial charge in [0, 0.05) is 17.8 Å². The number of carbonyl (C=O) groups excluding carboxylic acids is 2. The van der Waals surface area contributed by atoms with E-state index in [-0.39, 0.29) is 17.5 Å². The van der Waals surface area contributed by atoms with Gasteiger partial charge in [0.2, 0.25) is 0 Å². The minimum Gasteiger partial charge on any atom is -0.382 e. The SMILES string of the molecule is CC1=CC2C(C3C=CC2(C)C(=O)C3(C)O)[C@](C)(O)C1=O. The van der Waals surface area contributed by atoms with Crippen molar-refractivity contribution in [2.45, 2.75) is 38.9 Å². The van der Waals surface area contributed by atoms with Gasteiger partial charge in [0.05, 0.1) is 5.41 Å². The van der Waals surface area contributed by atoms with Gasteiger partial charge in [0.25, 0.3) is 0 Å². The van der Waals surface area contributed by atoms with Crippen LogP contribution in [0.5, 0.6) is 0 Å². The Labute approximate surface area is 118 Å². The summed E-state index contributed by atoms with van der Waals surface area (Å²) in [7, 11) is 0. The molecule has 1 saturated carbocycles. The smallest absolute Gasteiger partial charge is 0.189 e. The minimum absolute atomic E-state index is 0.229. The second-order valence-electron chi connectivity index (χ2n) is 7.02. The predicted molar refractivity (Wildman–Crippen MR) is 72.7 cm³/mol. The average Bonchev–Trinajstić information content (AvgIpc) is 2.35. The number of aliphatic hydroxyl groups is 2. The molecule has 2 bridgehead atoms. The molecule has 1 fully saturated rings. The highest BCUT2D eigenvalue weighted by Crippen LogP contribution is 2.59. The summed E-state index contributed by atoms with van der Waals surface area (Å²) >= 11 is 0. The van der Waals surface area contributed by atoms with Gasteiger partial charge in [0.15, 0.2) is 11.6 Å². The van der Waals surface area contributed by atoms with Crippen LogP contribution in [0.4, 0.5) is 0 Å². The third-order valence-corrected chi connectivity index (χ3v) is 5.61. The highest BCUT2D eigenvalue weighted by atomic mass is 16.3. The highest BCUT2D eigenvalue weighted by Gasteiger charge is 2.67. The fraction of sp³-hybridized carbons (Fsp3) is 0.625. The van der Waals surface area contributed by atoms with Gasteiger partial charge < -0.3 is 10.2 Å². The van der Waals surface area contributed by atoms with Crippen molar-refractivity contribution in [1.82, 2.24) is 0 Å². The largest absolute Gasteiger partial charge is 0.382 e. The molecule has 2 N–H and O–H groups in total. The van der Waals surface area contributed by atoms with Gasteiger partial charge >= 0.3 is 0 Å². The van der Waals surface area contributed by atoms with Crippen LogP contribution in [-0.2, 0) is 9.59 Å². The van der Waals surface area contributed by atoms with Crippen LogP contribution in [-0.4, -0.2) is 33.0 Å². The van der Waals surface area contributed by atoms with E-state index in [1.165, 1.54) is 13.8 Å². The van der Waals surface area contributed by atoms with E-state index in [9.17, 15) is 19.8 Å². The lowest BCUT2D eigenvalue weighted by molar-refractivity contribution is -0.185. The van der Waals surface area contributed by atoms with Crippen molar-refractivity contribution in [3.63, 3.8) is 0 Å².